The monoisotopic (exact) mass is 511 g/mol. The zero-order valence-corrected chi connectivity index (χ0v) is 19.8. The fraction of sp³-hybridized carbons (Fsp3) is 0.417. The number of allylic oxidation sites excluding steroid dienone is 1. The summed E-state index contributed by atoms with van der Waals surface area (Å²) in [5.41, 5.74) is 0.727. The van der Waals surface area contributed by atoms with E-state index in [9.17, 15) is 32.3 Å². The number of hydrogen-bond donors (Lipinski definition) is 0. The van der Waals surface area contributed by atoms with E-state index in [1.54, 1.807) is 31.2 Å². The molecule has 0 unspecified atom stereocenters. The van der Waals surface area contributed by atoms with Crippen molar-refractivity contribution in [3.05, 3.63) is 42.1 Å². The van der Waals surface area contributed by atoms with Crippen molar-refractivity contribution in [1.29, 1.82) is 0 Å². The number of para-hydroxylation sites is 1. The van der Waals surface area contributed by atoms with Crippen LogP contribution in [0.15, 0.2) is 36.5 Å². The standard InChI is InChI=1S/C24H24F3NO8/c1-12-20(34-13(2)29)21(35-14(3)30)22(36-15(4)31)23(33-12)28-11-16(9-10-19(32)24(25,26)27)17-7-5-6-8-18(17)28/h5-12,20-23H,1-4H3/b10-9+/t12-,20-,21+,22+,23+/m0/s1. The van der Waals surface area contributed by atoms with Crippen LogP contribution in [0.3, 0.4) is 0 Å². The van der Waals surface area contributed by atoms with Gasteiger partial charge in [-0.25, -0.2) is 0 Å². The molecule has 2 aromatic rings. The Hall–Kier alpha value is -3.67. The quantitative estimate of drug-likeness (QED) is 0.329. The third-order valence-electron chi connectivity index (χ3n) is 5.39. The first-order chi connectivity index (χ1) is 16.8. The number of aromatic nitrogens is 1. The summed E-state index contributed by atoms with van der Waals surface area (Å²) in [7, 11) is 0. The Labute approximate surface area is 203 Å². The number of benzene rings is 1. The lowest BCUT2D eigenvalue weighted by Crippen LogP contribution is -2.58. The number of nitrogens with zero attached hydrogens (tertiary/aromatic N) is 1. The second-order valence-corrected chi connectivity index (χ2v) is 8.16. The van der Waals surface area contributed by atoms with Crippen molar-refractivity contribution in [2.75, 3.05) is 0 Å². The van der Waals surface area contributed by atoms with Gasteiger partial charge in [0.05, 0.1) is 11.6 Å². The topological polar surface area (TPSA) is 110 Å². The minimum atomic E-state index is -5.03. The molecule has 3 rings (SSSR count). The maximum Gasteiger partial charge on any atom is 0.454 e. The van der Waals surface area contributed by atoms with Crippen LogP contribution in [0.1, 0.15) is 39.5 Å². The third kappa shape index (κ3) is 5.93. The molecule has 194 valence electrons. The number of carbonyl (C=O) groups is 4. The number of ketones is 1. The summed E-state index contributed by atoms with van der Waals surface area (Å²) in [5, 5.41) is 0.479. The summed E-state index contributed by atoms with van der Waals surface area (Å²) in [5.74, 6) is -4.18. The molecule has 1 fully saturated rings. The van der Waals surface area contributed by atoms with E-state index in [0.29, 0.717) is 17.0 Å². The van der Waals surface area contributed by atoms with Gasteiger partial charge >= 0.3 is 24.1 Å². The van der Waals surface area contributed by atoms with E-state index in [4.69, 9.17) is 18.9 Å². The van der Waals surface area contributed by atoms with E-state index in [0.717, 1.165) is 26.8 Å². The van der Waals surface area contributed by atoms with E-state index in [1.807, 2.05) is 0 Å². The smallest absolute Gasteiger partial charge is 0.454 e. The van der Waals surface area contributed by atoms with Crippen LogP contribution >= 0.6 is 0 Å². The highest BCUT2D eigenvalue weighted by Crippen LogP contribution is 2.37. The number of halogens is 3. The van der Waals surface area contributed by atoms with E-state index in [2.05, 4.69) is 0 Å². The molecule has 0 aliphatic carbocycles. The van der Waals surface area contributed by atoms with Crippen LogP contribution in [-0.2, 0) is 38.1 Å². The maximum absolute atomic E-state index is 12.7. The molecule has 1 aliphatic rings. The van der Waals surface area contributed by atoms with Crippen LogP contribution in [0.4, 0.5) is 13.2 Å². The molecule has 0 spiro atoms. The van der Waals surface area contributed by atoms with E-state index >= 15 is 0 Å². The number of fused-ring (bicyclic) bond motifs is 1. The molecular formula is C24H24F3NO8. The minimum absolute atomic E-state index is 0.257. The summed E-state index contributed by atoms with van der Waals surface area (Å²) in [4.78, 5) is 46.9. The van der Waals surface area contributed by atoms with Gasteiger partial charge in [-0.3, -0.25) is 19.2 Å². The number of alkyl halides is 3. The van der Waals surface area contributed by atoms with Crippen LogP contribution < -0.4 is 0 Å². The van der Waals surface area contributed by atoms with Gasteiger partial charge in [0, 0.05) is 37.9 Å². The van der Waals surface area contributed by atoms with Gasteiger partial charge in [0.25, 0.3) is 5.78 Å². The van der Waals surface area contributed by atoms with Crippen LogP contribution in [0.2, 0.25) is 0 Å². The Morgan fingerprint density at radius 1 is 0.917 bits per heavy atom. The van der Waals surface area contributed by atoms with Crippen molar-refractivity contribution in [2.24, 2.45) is 0 Å². The molecule has 2 heterocycles. The Balaban J connectivity index is 2.13. The highest BCUT2D eigenvalue weighted by molar-refractivity contribution is 6.00. The number of rotatable bonds is 6. The predicted molar refractivity (Wildman–Crippen MR) is 118 cm³/mol. The molecule has 1 aromatic heterocycles. The van der Waals surface area contributed by atoms with Gasteiger partial charge in [-0.05, 0) is 25.1 Å². The normalized spacial score (nSPS) is 24.5. The minimum Gasteiger partial charge on any atom is -0.456 e. The second-order valence-electron chi connectivity index (χ2n) is 8.16. The molecule has 0 N–H and O–H groups in total. The zero-order valence-electron chi connectivity index (χ0n) is 19.8. The molecular weight excluding hydrogens is 487 g/mol. The number of carbonyl (C=O) groups excluding carboxylic acids is 4. The average Bonchev–Trinajstić information content (AvgIpc) is 3.13. The van der Waals surface area contributed by atoms with Crippen molar-refractivity contribution < 1.29 is 51.3 Å². The van der Waals surface area contributed by atoms with Crippen LogP contribution in [-0.4, -0.2) is 58.9 Å². The van der Waals surface area contributed by atoms with Crippen molar-refractivity contribution in [3.63, 3.8) is 0 Å². The van der Waals surface area contributed by atoms with Crippen molar-refractivity contribution in [3.8, 4) is 0 Å². The van der Waals surface area contributed by atoms with Crippen LogP contribution in [0.25, 0.3) is 17.0 Å². The van der Waals surface area contributed by atoms with Crippen molar-refractivity contribution in [1.82, 2.24) is 4.57 Å². The first-order valence-electron chi connectivity index (χ1n) is 10.9. The second kappa shape index (κ2) is 10.5. The highest BCUT2D eigenvalue weighted by atomic mass is 19.4. The van der Waals surface area contributed by atoms with Crippen molar-refractivity contribution in [2.45, 2.75) is 64.5 Å². The molecule has 1 aliphatic heterocycles. The molecule has 0 bridgehead atoms. The van der Waals surface area contributed by atoms with Gasteiger partial charge in [-0.15, -0.1) is 0 Å². The lowest BCUT2D eigenvalue weighted by molar-refractivity contribution is -0.258. The van der Waals surface area contributed by atoms with Crippen LogP contribution in [0.5, 0.6) is 0 Å². The third-order valence-corrected chi connectivity index (χ3v) is 5.39. The van der Waals surface area contributed by atoms with Gasteiger partial charge in [-0.1, -0.05) is 18.2 Å². The molecule has 5 atom stereocenters. The van der Waals surface area contributed by atoms with Gasteiger partial charge < -0.3 is 23.5 Å². The Morgan fingerprint density at radius 2 is 1.47 bits per heavy atom. The SMILES string of the molecule is CC(=O)O[C@@H]1[C@@H](OC(C)=O)[C@H](C)O[C@@H](n2cc(/C=C/C(=O)C(F)(F)F)c3ccccc32)[C@@H]1OC(C)=O. The molecule has 9 nitrogen and oxygen atoms in total. The lowest BCUT2D eigenvalue weighted by Gasteiger charge is -2.44. The fourth-order valence-corrected chi connectivity index (χ4v) is 4.05. The summed E-state index contributed by atoms with van der Waals surface area (Å²) in [6.45, 7) is 4.99. The Bertz CT molecular complexity index is 1200. The number of ether oxygens (including phenoxy) is 4. The molecule has 1 saturated heterocycles. The Morgan fingerprint density at radius 3 is 2.06 bits per heavy atom. The first-order valence-corrected chi connectivity index (χ1v) is 10.9. The Kier molecular flexibility index (Phi) is 7.87. The van der Waals surface area contributed by atoms with E-state index in [1.165, 1.54) is 10.8 Å². The highest BCUT2D eigenvalue weighted by Gasteiger charge is 2.51. The summed E-state index contributed by atoms with van der Waals surface area (Å²) >= 11 is 0. The van der Waals surface area contributed by atoms with E-state index in [-0.39, 0.29) is 5.56 Å². The number of esters is 3. The average molecular weight is 511 g/mol. The largest absolute Gasteiger partial charge is 0.456 e. The van der Waals surface area contributed by atoms with Crippen LogP contribution in [0, 0.1) is 0 Å². The maximum atomic E-state index is 12.7. The van der Waals surface area contributed by atoms with Gasteiger partial charge in [-0.2, -0.15) is 13.2 Å². The lowest BCUT2D eigenvalue weighted by atomic mass is 9.97. The van der Waals surface area contributed by atoms with E-state index < -0.39 is 60.5 Å². The summed E-state index contributed by atoms with van der Waals surface area (Å²) in [6, 6.07) is 6.60. The molecule has 12 heteroatoms. The summed E-state index contributed by atoms with van der Waals surface area (Å²) in [6.07, 6.45) is -7.81. The molecule has 36 heavy (non-hydrogen) atoms. The predicted octanol–water partition coefficient (Wildman–Crippen LogP) is 3.50. The molecule has 0 amide bonds. The van der Waals surface area contributed by atoms with Gasteiger partial charge in [0.2, 0.25) is 0 Å². The molecule has 0 saturated carbocycles. The number of hydrogen-bond acceptors (Lipinski definition) is 8. The zero-order chi connectivity index (χ0) is 26.8. The summed E-state index contributed by atoms with van der Waals surface area (Å²) < 4.78 is 61.8. The first kappa shape index (κ1) is 26.9. The van der Waals surface area contributed by atoms with Gasteiger partial charge in [0.15, 0.2) is 24.5 Å². The van der Waals surface area contributed by atoms with Gasteiger partial charge in [0.1, 0.15) is 0 Å². The molecule has 0 radical (unpaired) electrons. The molecule has 1 aromatic carbocycles. The van der Waals surface area contributed by atoms with Crippen molar-refractivity contribution >= 4 is 40.7 Å². The fourth-order valence-electron chi connectivity index (χ4n) is 4.05.